The van der Waals surface area contributed by atoms with Gasteiger partial charge in [0.25, 0.3) is 5.91 Å². The van der Waals surface area contributed by atoms with Gasteiger partial charge < -0.3 is 11.5 Å². The number of carbonyl (C=O) groups is 2. The molecule has 0 aromatic heterocycles. The van der Waals surface area contributed by atoms with E-state index in [9.17, 15) is 9.59 Å². The highest BCUT2D eigenvalue weighted by atomic mass is 16.2. The molecule has 5 heteroatoms. The molecule has 0 unspecified atom stereocenters. The minimum Gasteiger partial charge on any atom is -0.366 e. The molecule has 0 aliphatic heterocycles. The lowest BCUT2D eigenvalue weighted by Gasteiger charge is -1.98. The van der Waals surface area contributed by atoms with E-state index < -0.39 is 11.8 Å². The van der Waals surface area contributed by atoms with E-state index in [1.165, 1.54) is 13.1 Å². The predicted octanol–water partition coefficient (Wildman–Crippen LogP) is -0.678. The lowest BCUT2D eigenvalue weighted by Crippen LogP contribution is -2.20. The minimum atomic E-state index is -0.760. The highest BCUT2D eigenvalue weighted by Crippen LogP contribution is 2.03. The van der Waals surface area contributed by atoms with Crippen molar-refractivity contribution in [1.82, 2.24) is 0 Å². The van der Waals surface area contributed by atoms with Gasteiger partial charge in [0.05, 0.1) is 0 Å². The molecule has 0 bridgehead atoms. The fraction of sp³-hybridized carbons (Fsp3) is 0.286. The Labute approximate surface area is 70.1 Å². The Kier molecular flexibility index (Phi) is 3.69. The van der Waals surface area contributed by atoms with E-state index in [1.807, 2.05) is 0 Å². The lowest BCUT2D eigenvalue weighted by molar-refractivity contribution is -0.117. The molecule has 0 aliphatic rings. The number of nitrogens with two attached hydrogens (primary N) is 2. The molecule has 4 N–H and O–H groups in total. The van der Waals surface area contributed by atoms with Crippen LogP contribution in [0.5, 0.6) is 0 Å². The first-order valence-corrected chi connectivity index (χ1v) is 3.29. The van der Waals surface area contributed by atoms with Gasteiger partial charge in [-0.25, -0.2) is 0 Å². The molecule has 0 heterocycles. The van der Waals surface area contributed by atoms with Crippen LogP contribution in [0.4, 0.5) is 0 Å². The minimum absolute atomic E-state index is 0.0700. The van der Waals surface area contributed by atoms with Crippen LogP contribution in [-0.2, 0) is 9.59 Å². The summed E-state index contributed by atoms with van der Waals surface area (Å²) in [4.78, 5) is 24.9. The third-order valence-corrected chi connectivity index (χ3v) is 1.22. The Balaban J connectivity index is 5.07. The highest BCUT2D eigenvalue weighted by molar-refractivity contribution is 6.03. The predicted molar refractivity (Wildman–Crippen MR) is 45.3 cm³/mol. The van der Waals surface area contributed by atoms with Gasteiger partial charge >= 0.3 is 0 Å². The topological polar surface area (TPSA) is 98.5 Å². The van der Waals surface area contributed by atoms with Gasteiger partial charge in [0.2, 0.25) is 5.91 Å². The summed E-state index contributed by atoms with van der Waals surface area (Å²) in [5.74, 6) is -1.46. The van der Waals surface area contributed by atoms with Gasteiger partial charge in [0.1, 0.15) is 5.70 Å². The third-order valence-electron chi connectivity index (χ3n) is 1.22. The summed E-state index contributed by atoms with van der Waals surface area (Å²) in [6.07, 6.45) is 1.37. The van der Waals surface area contributed by atoms with Crippen LogP contribution in [0.1, 0.15) is 13.8 Å². The highest BCUT2D eigenvalue weighted by Gasteiger charge is 2.10. The summed E-state index contributed by atoms with van der Waals surface area (Å²) < 4.78 is 0. The van der Waals surface area contributed by atoms with Crippen molar-refractivity contribution >= 4 is 18.0 Å². The second-order valence-electron chi connectivity index (χ2n) is 2.09. The van der Waals surface area contributed by atoms with Crippen molar-refractivity contribution in [2.24, 2.45) is 16.5 Å². The zero-order valence-electron chi connectivity index (χ0n) is 7.00. The Morgan fingerprint density at radius 2 is 1.75 bits per heavy atom. The van der Waals surface area contributed by atoms with Crippen LogP contribution in [0.25, 0.3) is 0 Å². The van der Waals surface area contributed by atoms with Gasteiger partial charge in [-0.1, -0.05) is 0 Å². The maximum absolute atomic E-state index is 10.7. The maximum Gasteiger partial charge on any atom is 0.267 e. The monoisotopic (exact) mass is 169 g/mol. The number of hydrogen-bond acceptors (Lipinski definition) is 3. The molecule has 12 heavy (non-hydrogen) atoms. The normalized spacial score (nSPS) is 12.8. The van der Waals surface area contributed by atoms with Crippen molar-refractivity contribution in [3.05, 3.63) is 11.3 Å². The fourth-order valence-corrected chi connectivity index (χ4v) is 0.591. The number of aliphatic imine (C=N–C) groups is 1. The number of rotatable bonds is 3. The molecule has 0 aromatic rings. The number of amides is 2. The average molecular weight is 169 g/mol. The molecule has 0 spiro atoms. The second kappa shape index (κ2) is 4.27. The average Bonchev–Trinajstić information content (AvgIpc) is 1.98. The molecule has 0 radical (unpaired) electrons. The van der Waals surface area contributed by atoms with E-state index in [4.69, 9.17) is 11.5 Å². The summed E-state index contributed by atoms with van der Waals surface area (Å²) in [7, 11) is 0. The Bertz CT molecular complexity index is 266. The molecule has 0 saturated carbocycles. The van der Waals surface area contributed by atoms with Gasteiger partial charge in [-0.3, -0.25) is 14.6 Å². The maximum atomic E-state index is 10.7. The van der Waals surface area contributed by atoms with Crippen LogP contribution in [0.3, 0.4) is 0 Å². The third kappa shape index (κ3) is 2.53. The van der Waals surface area contributed by atoms with E-state index in [1.54, 1.807) is 6.92 Å². The second-order valence-corrected chi connectivity index (χ2v) is 2.09. The number of hydrogen-bond donors (Lipinski definition) is 2. The summed E-state index contributed by atoms with van der Waals surface area (Å²) in [6.45, 7) is 3.01. The lowest BCUT2D eigenvalue weighted by atomic mass is 10.2. The molecule has 0 saturated heterocycles. The summed E-state index contributed by atoms with van der Waals surface area (Å²) in [5.41, 5.74) is 9.85. The summed E-state index contributed by atoms with van der Waals surface area (Å²) in [5, 5.41) is 0. The molecule has 0 aliphatic carbocycles. The van der Waals surface area contributed by atoms with Crippen molar-refractivity contribution < 1.29 is 9.59 Å². The van der Waals surface area contributed by atoms with E-state index in [-0.39, 0.29) is 11.3 Å². The first-order valence-electron chi connectivity index (χ1n) is 3.29. The summed E-state index contributed by atoms with van der Waals surface area (Å²) in [6, 6.07) is 0. The van der Waals surface area contributed by atoms with Crippen LogP contribution in [-0.4, -0.2) is 18.0 Å². The first kappa shape index (κ1) is 10.3. The molecule has 66 valence electrons. The first-order chi connectivity index (χ1) is 5.50. The smallest absolute Gasteiger partial charge is 0.267 e. The van der Waals surface area contributed by atoms with E-state index in [0.29, 0.717) is 0 Å². The number of nitrogens with zero attached hydrogens (tertiary/aromatic N) is 1. The van der Waals surface area contributed by atoms with Gasteiger partial charge in [-0.05, 0) is 13.8 Å². The zero-order valence-corrected chi connectivity index (χ0v) is 7.00. The molecule has 2 amide bonds. The largest absolute Gasteiger partial charge is 0.366 e. The summed E-state index contributed by atoms with van der Waals surface area (Å²) >= 11 is 0. The van der Waals surface area contributed by atoms with Gasteiger partial charge in [-0.2, -0.15) is 0 Å². The van der Waals surface area contributed by atoms with Crippen LogP contribution < -0.4 is 11.5 Å². The quantitative estimate of drug-likeness (QED) is 0.432. The van der Waals surface area contributed by atoms with Crippen LogP contribution >= 0.6 is 0 Å². The molecule has 0 aromatic carbocycles. The van der Waals surface area contributed by atoms with Crippen molar-refractivity contribution in [3.63, 3.8) is 0 Å². The van der Waals surface area contributed by atoms with Crippen LogP contribution in [0.2, 0.25) is 0 Å². The molecular weight excluding hydrogens is 158 g/mol. The molecular formula is C7H11N3O2. The van der Waals surface area contributed by atoms with Crippen LogP contribution in [0.15, 0.2) is 16.3 Å². The van der Waals surface area contributed by atoms with Crippen LogP contribution in [0, 0.1) is 0 Å². The Morgan fingerprint density at radius 3 is 2.00 bits per heavy atom. The van der Waals surface area contributed by atoms with E-state index >= 15 is 0 Å². The SMILES string of the molecule is CC=N/C(C(N)=O)=C(\C)C(N)=O. The van der Waals surface area contributed by atoms with Gasteiger partial charge in [-0.15, -0.1) is 0 Å². The standard InChI is InChI=1S/C7H11N3O2/c1-3-10-5(7(9)12)4(2)6(8)11/h3H,1-2H3,(H2,8,11)(H2,9,12)/b5-4+,10-3?. The number of primary amides is 2. The van der Waals surface area contributed by atoms with Gasteiger partial charge in [0.15, 0.2) is 0 Å². The van der Waals surface area contributed by atoms with Crippen molar-refractivity contribution in [1.29, 1.82) is 0 Å². The molecule has 0 fully saturated rings. The molecule has 0 atom stereocenters. The van der Waals surface area contributed by atoms with Crippen molar-refractivity contribution in [2.45, 2.75) is 13.8 Å². The molecule has 5 nitrogen and oxygen atoms in total. The van der Waals surface area contributed by atoms with E-state index in [2.05, 4.69) is 4.99 Å². The molecule has 0 rings (SSSR count). The Morgan fingerprint density at radius 1 is 1.25 bits per heavy atom. The van der Waals surface area contributed by atoms with Gasteiger partial charge in [0, 0.05) is 11.8 Å². The van der Waals surface area contributed by atoms with E-state index in [0.717, 1.165) is 0 Å². The van der Waals surface area contributed by atoms with Crippen molar-refractivity contribution in [3.8, 4) is 0 Å². The van der Waals surface area contributed by atoms with Crippen molar-refractivity contribution in [2.75, 3.05) is 0 Å². The fourth-order valence-electron chi connectivity index (χ4n) is 0.591. The number of carbonyl (C=O) groups excluding carboxylic acids is 2. The Hall–Kier alpha value is -1.65. The zero-order chi connectivity index (χ0) is 9.72.